The van der Waals surface area contributed by atoms with E-state index >= 15 is 0 Å². The summed E-state index contributed by atoms with van der Waals surface area (Å²) in [6.07, 6.45) is -2.30. The number of anilines is 2. The maximum Gasteiger partial charge on any atom is 0.416 e. The van der Waals surface area contributed by atoms with Crippen molar-refractivity contribution in [3.05, 3.63) is 34.8 Å². The molecule has 0 aliphatic heterocycles. The van der Waals surface area contributed by atoms with Gasteiger partial charge in [-0.25, -0.2) is 4.79 Å². The van der Waals surface area contributed by atoms with E-state index in [0.29, 0.717) is 11.0 Å². The molecule has 1 fully saturated rings. The normalized spacial score (nSPS) is 14.7. The first-order valence-electron chi connectivity index (χ1n) is 6.50. The Bertz CT molecular complexity index is 697. The Labute approximate surface area is 127 Å². The van der Waals surface area contributed by atoms with Crippen LogP contribution in [0, 0.1) is 0 Å². The molecule has 3 rings (SSSR count). The summed E-state index contributed by atoms with van der Waals surface area (Å²) < 4.78 is 37.8. The van der Waals surface area contributed by atoms with Crippen LogP contribution in [0.3, 0.4) is 0 Å². The molecule has 0 atom stereocenters. The van der Waals surface area contributed by atoms with Crippen LogP contribution in [0.5, 0.6) is 0 Å². The van der Waals surface area contributed by atoms with E-state index in [2.05, 4.69) is 20.8 Å². The summed E-state index contributed by atoms with van der Waals surface area (Å²) in [4.78, 5) is 11.8. The second kappa shape index (κ2) is 5.56. The number of carbonyl (C=O) groups excluding carboxylic acids is 1. The Kier molecular flexibility index (Phi) is 3.73. The van der Waals surface area contributed by atoms with Gasteiger partial charge in [-0.15, -0.1) is 10.2 Å². The maximum absolute atomic E-state index is 12.6. The summed E-state index contributed by atoms with van der Waals surface area (Å²) in [6, 6.07) is 3.77. The van der Waals surface area contributed by atoms with Crippen LogP contribution in [0.15, 0.2) is 24.3 Å². The summed E-state index contributed by atoms with van der Waals surface area (Å²) in [5.41, 5.74) is -0.767. The van der Waals surface area contributed by atoms with E-state index in [1.807, 2.05) is 0 Å². The highest BCUT2D eigenvalue weighted by molar-refractivity contribution is 7.15. The maximum atomic E-state index is 12.6. The fourth-order valence-electron chi connectivity index (χ4n) is 1.81. The molecule has 1 aromatic carbocycles. The monoisotopic (exact) mass is 328 g/mol. The lowest BCUT2D eigenvalue weighted by atomic mass is 10.2. The standard InChI is InChI=1S/C13H11F3N4OS/c14-13(15,16)8-2-1-3-9(6-8)17-11(21)18-12-20-19-10(22-12)7-4-5-7/h1-3,6-7H,4-5H2,(H2,17,18,20,21). The molecule has 1 saturated carbocycles. The van der Waals surface area contributed by atoms with Gasteiger partial charge in [0, 0.05) is 11.6 Å². The topological polar surface area (TPSA) is 66.9 Å². The Balaban J connectivity index is 1.63. The second-order valence-electron chi connectivity index (χ2n) is 4.88. The lowest BCUT2D eigenvalue weighted by Crippen LogP contribution is -2.19. The van der Waals surface area contributed by atoms with Gasteiger partial charge in [-0.3, -0.25) is 5.32 Å². The van der Waals surface area contributed by atoms with Crippen LogP contribution in [-0.2, 0) is 6.18 Å². The number of carbonyl (C=O) groups is 1. The van der Waals surface area contributed by atoms with Crippen LogP contribution in [0.4, 0.5) is 28.8 Å². The Hall–Kier alpha value is -2.16. The molecule has 116 valence electrons. The van der Waals surface area contributed by atoms with Gasteiger partial charge < -0.3 is 5.32 Å². The van der Waals surface area contributed by atoms with Crippen LogP contribution >= 0.6 is 11.3 Å². The number of urea groups is 1. The highest BCUT2D eigenvalue weighted by Crippen LogP contribution is 2.42. The number of benzene rings is 1. The summed E-state index contributed by atoms with van der Waals surface area (Å²) in [7, 11) is 0. The van der Waals surface area contributed by atoms with Crippen molar-refractivity contribution in [2.75, 3.05) is 10.6 Å². The number of nitrogens with zero attached hydrogens (tertiary/aromatic N) is 2. The number of hydrogen-bond acceptors (Lipinski definition) is 4. The van der Waals surface area contributed by atoms with Crippen LogP contribution in [-0.4, -0.2) is 16.2 Å². The van der Waals surface area contributed by atoms with Crippen molar-refractivity contribution < 1.29 is 18.0 Å². The molecule has 0 unspecified atom stereocenters. The summed E-state index contributed by atoms with van der Waals surface area (Å²) >= 11 is 1.28. The molecular formula is C13H11F3N4OS. The fraction of sp³-hybridized carbons (Fsp3) is 0.308. The number of halogens is 3. The zero-order valence-corrected chi connectivity index (χ0v) is 12.0. The van der Waals surface area contributed by atoms with Crippen molar-refractivity contribution in [3.8, 4) is 0 Å². The second-order valence-corrected chi connectivity index (χ2v) is 5.89. The molecule has 1 heterocycles. The van der Waals surface area contributed by atoms with Crippen LogP contribution in [0.1, 0.15) is 29.3 Å². The van der Waals surface area contributed by atoms with Crippen molar-refractivity contribution in [1.29, 1.82) is 0 Å². The summed E-state index contributed by atoms with van der Waals surface area (Å²) in [6.45, 7) is 0. The molecule has 0 radical (unpaired) electrons. The van der Waals surface area contributed by atoms with Gasteiger partial charge in [0.15, 0.2) is 0 Å². The molecule has 0 saturated heterocycles. The molecule has 1 aromatic heterocycles. The third kappa shape index (κ3) is 3.53. The van der Waals surface area contributed by atoms with E-state index in [1.165, 1.54) is 23.5 Å². The van der Waals surface area contributed by atoms with Crippen LogP contribution < -0.4 is 10.6 Å². The first-order valence-corrected chi connectivity index (χ1v) is 7.32. The molecule has 2 aromatic rings. The molecule has 0 bridgehead atoms. The zero-order chi connectivity index (χ0) is 15.7. The molecular weight excluding hydrogens is 317 g/mol. The number of nitrogens with one attached hydrogen (secondary N) is 2. The minimum atomic E-state index is -4.45. The predicted molar refractivity (Wildman–Crippen MR) is 76.0 cm³/mol. The van der Waals surface area contributed by atoms with Gasteiger partial charge in [-0.2, -0.15) is 13.2 Å². The highest BCUT2D eigenvalue weighted by atomic mass is 32.1. The van der Waals surface area contributed by atoms with E-state index in [1.54, 1.807) is 0 Å². The summed E-state index contributed by atoms with van der Waals surface area (Å²) in [5.74, 6) is 0.430. The molecule has 2 N–H and O–H groups in total. The number of alkyl halides is 3. The van der Waals surface area contributed by atoms with Crippen molar-refractivity contribution in [2.24, 2.45) is 0 Å². The summed E-state index contributed by atoms with van der Waals surface area (Å²) in [5, 5.41) is 13.8. The van der Waals surface area contributed by atoms with Gasteiger partial charge in [0.1, 0.15) is 5.01 Å². The van der Waals surface area contributed by atoms with Gasteiger partial charge in [-0.1, -0.05) is 17.4 Å². The molecule has 5 nitrogen and oxygen atoms in total. The largest absolute Gasteiger partial charge is 0.416 e. The Morgan fingerprint density at radius 1 is 1.23 bits per heavy atom. The van der Waals surface area contributed by atoms with E-state index in [9.17, 15) is 18.0 Å². The molecule has 2 amide bonds. The van der Waals surface area contributed by atoms with E-state index in [4.69, 9.17) is 0 Å². The molecule has 0 spiro atoms. The quantitative estimate of drug-likeness (QED) is 0.892. The van der Waals surface area contributed by atoms with Crippen molar-refractivity contribution >= 4 is 28.2 Å². The Morgan fingerprint density at radius 3 is 2.68 bits per heavy atom. The molecule has 1 aliphatic carbocycles. The predicted octanol–water partition coefficient (Wildman–Crippen LogP) is 4.08. The van der Waals surface area contributed by atoms with Gasteiger partial charge in [0.2, 0.25) is 5.13 Å². The fourth-order valence-corrected chi connectivity index (χ4v) is 2.72. The third-order valence-electron chi connectivity index (χ3n) is 3.04. The molecule has 1 aliphatic rings. The highest BCUT2D eigenvalue weighted by Gasteiger charge is 2.30. The molecule has 22 heavy (non-hydrogen) atoms. The van der Waals surface area contributed by atoms with Crippen LogP contribution in [0.2, 0.25) is 0 Å². The van der Waals surface area contributed by atoms with Crippen molar-refractivity contribution in [1.82, 2.24) is 10.2 Å². The number of aromatic nitrogens is 2. The first kappa shape index (κ1) is 14.8. The number of hydrogen-bond donors (Lipinski definition) is 2. The minimum absolute atomic E-state index is 0.0549. The average Bonchev–Trinajstić information content (AvgIpc) is 3.19. The lowest BCUT2D eigenvalue weighted by molar-refractivity contribution is -0.137. The third-order valence-corrected chi connectivity index (χ3v) is 4.04. The van der Waals surface area contributed by atoms with Gasteiger partial charge >= 0.3 is 12.2 Å². The van der Waals surface area contributed by atoms with Crippen LogP contribution in [0.25, 0.3) is 0 Å². The van der Waals surface area contributed by atoms with Gasteiger partial charge in [-0.05, 0) is 31.0 Å². The van der Waals surface area contributed by atoms with Gasteiger partial charge in [0.05, 0.1) is 5.56 Å². The Morgan fingerprint density at radius 2 is 2.00 bits per heavy atom. The van der Waals surface area contributed by atoms with Crippen molar-refractivity contribution in [3.63, 3.8) is 0 Å². The molecule has 9 heteroatoms. The van der Waals surface area contributed by atoms with E-state index < -0.39 is 17.8 Å². The van der Waals surface area contributed by atoms with Crippen molar-refractivity contribution in [2.45, 2.75) is 24.9 Å². The van der Waals surface area contributed by atoms with E-state index in [0.717, 1.165) is 30.0 Å². The smallest absolute Gasteiger partial charge is 0.308 e. The SMILES string of the molecule is O=C(Nc1cccc(C(F)(F)F)c1)Nc1nnc(C2CC2)s1. The average molecular weight is 328 g/mol. The minimum Gasteiger partial charge on any atom is -0.308 e. The number of amides is 2. The van der Waals surface area contributed by atoms with Gasteiger partial charge in [0.25, 0.3) is 0 Å². The first-order chi connectivity index (χ1) is 10.4. The zero-order valence-electron chi connectivity index (χ0n) is 11.1. The van der Waals surface area contributed by atoms with E-state index in [-0.39, 0.29) is 5.69 Å². The lowest BCUT2D eigenvalue weighted by Gasteiger charge is -2.09. The number of rotatable bonds is 3.